The molecule has 0 bridgehead atoms. The molecule has 2 nitrogen and oxygen atoms in total. The summed E-state index contributed by atoms with van der Waals surface area (Å²) < 4.78 is 0. The number of nitrogens with one attached hydrogen (secondary N) is 1. The minimum Gasteiger partial charge on any atom is -0.508 e. The molecule has 2 heteroatoms. The Morgan fingerprint density at radius 2 is 1.87 bits per heavy atom. The highest BCUT2D eigenvalue weighted by Gasteiger charge is 2.26. The van der Waals surface area contributed by atoms with Crippen molar-refractivity contribution in [1.29, 1.82) is 0 Å². The molecule has 1 aromatic rings. The molecular weight excluding hydrogens is 186 g/mol. The minimum absolute atomic E-state index is 0.336. The van der Waals surface area contributed by atoms with Gasteiger partial charge in [-0.3, -0.25) is 0 Å². The van der Waals surface area contributed by atoms with Crippen LogP contribution in [-0.4, -0.2) is 11.1 Å². The van der Waals surface area contributed by atoms with E-state index in [0.717, 1.165) is 5.92 Å². The summed E-state index contributed by atoms with van der Waals surface area (Å²) >= 11 is 0. The highest BCUT2D eigenvalue weighted by Crippen LogP contribution is 2.28. The van der Waals surface area contributed by atoms with Crippen molar-refractivity contribution in [2.75, 3.05) is 0 Å². The molecule has 15 heavy (non-hydrogen) atoms. The molecule has 2 N–H and O–H groups in total. The molecule has 0 aliphatic heterocycles. The highest BCUT2D eigenvalue weighted by atomic mass is 16.3. The van der Waals surface area contributed by atoms with Gasteiger partial charge in [0, 0.05) is 12.1 Å². The predicted molar refractivity (Wildman–Crippen MR) is 61.8 cm³/mol. The summed E-state index contributed by atoms with van der Waals surface area (Å²) in [5.41, 5.74) is 1.24. The SMILES string of the molecule is CC1CC(NC(C)c2ccc(O)cc2)C1. The standard InChI is InChI=1S/C13H19NO/c1-9-7-12(8-9)14-10(2)11-3-5-13(15)6-4-11/h3-6,9-10,12,14-15H,7-8H2,1-2H3. The fraction of sp³-hybridized carbons (Fsp3) is 0.538. The monoisotopic (exact) mass is 205 g/mol. The number of benzene rings is 1. The number of hydrogen-bond donors (Lipinski definition) is 2. The Labute approximate surface area is 91.3 Å². The van der Waals surface area contributed by atoms with Crippen LogP contribution in [0.15, 0.2) is 24.3 Å². The molecule has 0 radical (unpaired) electrons. The molecule has 1 atom stereocenters. The number of rotatable bonds is 3. The fourth-order valence-corrected chi connectivity index (χ4v) is 2.25. The van der Waals surface area contributed by atoms with E-state index < -0.39 is 0 Å². The van der Waals surface area contributed by atoms with E-state index in [1.165, 1.54) is 18.4 Å². The van der Waals surface area contributed by atoms with Gasteiger partial charge in [0.2, 0.25) is 0 Å². The van der Waals surface area contributed by atoms with Crippen molar-refractivity contribution < 1.29 is 5.11 Å². The van der Waals surface area contributed by atoms with Crippen molar-refractivity contribution in [2.45, 2.75) is 38.8 Å². The molecule has 1 aliphatic carbocycles. The Hall–Kier alpha value is -1.02. The number of aromatic hydroxyl groups is 1. The summed E-state index contributed by atoms with van der Waals surface area (Å²) in [7, 11) is 0. The van der Waals surface area contributed by atoms with Crippen molar-refractivity contribution in [3.8, 4) is 5.75 Å². The first-order valence-electron chi connectivity index (χ1n) is 5.70. The lowest BCUT2D eigenvalue weighted by Crippen LogP contribution is -2.41. The molecule has 1 aliphatic rings. The smallest absolute Gasteiger partial charge is 0.115 e. The van der Waals surface area contributed by atoms with Gasteiger partial charge in [0.1, 0.15) is 5.75 Å². The summed E-state index contributed by atoms with van der Waals surface area (Å²) in [4.78, 5) is 0. The minimum atomic E-state index is 0.336. The molecule has 1 saturated carbocycles. The second-order valence-corrected chi connectivity index (χ2v) is 4.75. The largest absolute Gasteiger partial charge is 0.508 e. The van der Waals surface area contributed by atoms with E-state index in [0.29, 0.717) is 17.8 Å². The molecule has 0 heterocycles. The van der Waals surface area contributed by atoms with Gasteiger partial charge in [0.05, 0.1) is 0 Å². The van der Waals surface area contributed by atoms with Crippen molar-refractivity contribution >= 4 is 0 Å². The average molecular weight is 205 g/mol. The summed E-state index contributed by atoms with van der Waals surface area (Å²) in [5, 5.41) is 12.8. The third-order valence-electron chi connectivity index (χ3n) is 3.25. The van der Waals surface area contributed by atoms with E-state index in [-0.39, 0.29) is 0 Å². The number of phenolic OH excluding ortho intramolecular Hbond substituents is 1. The normalized spacial score (nSPS) is 27.1. The Morgan fingerprint density at radius 3 is 2.40 bits per heavy atom. The van der Waals surface area contributed by atoms with Crippen LogP contribution in [0.5, 0.6) is 5.75 Å². The van der Waals surface area contributed by atoms with Crippen molar-refractivity contribution in [1.82, 2.24) is 5.32 Å². The van der Waals surface area contributed by atoms with E-state index >= 15 is 0 Å². The quantitative estimate of drug-likeness (QED) is 0.795. The lowest BCUT2D eigenvalue weighted by molar-refractivity contribution is 0.226. The van der Waals surface area contributed by atoms with Gasteiger partial charge in [-0.15, -0.1) is 0 Å². The maximum Gasteiger partial charge on any atom is 0.115 e. The van der Waals surface area contributed by atoms with E-state index in [1.54, 1.807) is 12.1 Å². The van der Waals surface area contributed by atoms with Crippen molar-refractivity contribution in [2.24, 2.45) is 5.92 Å². The van der Waals surface area contributed by atoms with Crippen LogP contribution in [0.2, 0.25) is 0 Å². The van der Waals surface area contributed by atoms with E-state index in [4.69, 9.17) is 0 Å². The third kappa shape index (κ3) is 2.51. The zero-order chi connectivity index (χ0) is 10.8. The van der Waals surface area contributed by atoms with Crippen LogP contribution in [0.4, 0.5) is 0 Å². The fourth-order valence-electron chi connectivity index (χ4n) is 2.25. The van der Waals surface area contributed by atoms with Gasteiger partial charge in [-0.05, 0) is 43.4 Å². The summed E-state index contributed by atoms with van der Waals surface area (Å²) in [6.07, 6.45) is 2.59. The summed E-state index contributed by atoms with van der Waals surface area (Å²) in [6, 6.07) is 8.52. The third-order valence-corrected chi connectivity index (χ3v) is 3.25. The Morgan fingerprint density at radius 1 is 1.27 bits per heavy atom. The van der Waals surface area contributed by atoms with Gasteiger partial charge >= 0.3 is 0 Å². The topological polar surface area (TPSA) is 32.3 Å². The van der Waals surface area contributed by atoms with Gasteiger partial charge in [-0.2, -0.15) is 0 Å². The maximum absolute atomic E-state index is 9.19. The Kier molecular flexibility index (Phi) is 2.96. The van der Waals surface area contributed by atoms with Crippen LogP contribution < -0.4 is 5.32 Å². The molecule has 0 spiro atoms. The highest BCUT2D eigenvalue weighted by molar-refractivity contribution is 5.27. The van der Waals surface area contributed by atoms with Gasteiger partial charge in [0.15, 0.2) is 0 Å². The average Bonchev–Trinajstić information content (AvgIpc) is 2.16. The van der Waals surface area contributed by atoms with Crippen molar-refractivity contribution in [3.05, 3.63) is 29.8 Å². The van der Waals surface area contributed by atoms with Crippen molar-refractivity contribution in [3.63, 3.8) is 0 Å². The molecule has 82 valence electrons. The van der Waals surface area contributed by atoms with E-state index in [2.05, 4.69) is 19.2 Å². The second-order valence-electron chi connectivity index (χ2n) is 4.75. The zero-order valence-corrected chi connectivity index (χ0v) is 9.40. The first kappa shape index (κ1) is 10.5. The van der Waals surface area contributed by atoms with E-state index in [1.807, 2.05) is 12.1 Å². The van der Waals surface area contributed by atoms with Crippen LogP contribution in [-0.2, 0) is 0 Å². The van der Waals surface area contributed by atoms with Crippen LogP contribution in [0, 0.1) is 5.92 Å². The number of phenols is 1. The number of hydrogen-bond acceptors (Lipinski definition) is 2. The second kappa shape index (κ2) is 4.23. The molecular formula is C13H19NO. The van der Waals surface area contributed by atoms with E-state index in [9.17, 15) is 5.11 Å². The molecule has 1 unspecified atom stereocenters. The van der Waals surface area contributed by atoms with Gasteiger partial charge < -0.3 is 10.4 Å². The van der Waals surface area contributed by atoms with Crippen LogP contribution in [0.3, 0.4) is 0 Å². The summed E-state index contributed by atoms with van der Waals surface area (Å²) in [5.74, 6) is 1.22. The van der Waals surface area contributed by atoms with Crippen LogP contribution in [0.1, 0.15) is 38.3 Å². The first-order chi connectivity index (χ1) is 7.15. The zero-order valence-electron chi connectivity index (χ0n) is 9.40. The summed E-state index contributed by atoms with van der Waals surface area (Å²) in [6.45, 7) is 4.47. The van der Waals surface area contributed by atoms with Crippen LogP contribution >= 0.6 is 0 Å². The Bertz CT molecular complexity index is 314. The van der Waals surface area contributed by atoms with Gasteiger partial charge in [0.25, 0.3) is 0 Å². The lowest BCUT2D eigenvalue weighted by atomic mass is 9.81. The molecule has 0 saturated heterocycles. The predicted octanol–water partition coefficient (Wildman–Crippen LogP) is 2.84. The van der Waals surface area contributed by atoms with Gasteiger partial charge in [-0.25, -0.2) is 0 Å². The first-order valence-corrected chi connectivity index (χ1v) is 5.70. The molecule has 0 amide bonds. The lowest BCUT2D eigenvalue weighted by Gasteiger charge is -2.35. The maximum atomic E-state index is 9.19. The molecule has 1 fully saturated rings. The molecule has 2 rings (SSSR count). The molecule has 1 aromatic carbocycles. The molecule has 0 aromatic heterocycles. The Balaban J connectivity index is 1.90. The van der Waals surface area contributed by atoms with Gasteiger partial charge in [-0.1, -0.05) is 19.1 Å². The van der Waals surface area contributed by atoms with Crippen LogP contribution in [0.25, 0.3) is 0 Å².